The van der Waals surface area contributed by atoms with Gasteiger partial charge in [-0.15, -0.1) is 0 Å². The molecule has 0 aliphatic carbocycles. The maximum Gasteiger partial charge on any atom is 0.236 e. The quantitative estimate of drug-likeness (QED) is 0.142. The molecule has 7 rings (SSSR count). The minimum absolute atomic E-state index is 0.0215. The van der Waals surface area contributed by atoms with Crippen molar-refractivity contribution in [3.05, 3.63) is 77.7 Å². The number of morpholine rings is 1. The van der Waals surface area contributed by atoms with E-state index >= 15 is 0 Å². The summed E-state index contributed by atoms with van der Waals surface area (Å²) < 4.78 is 40.6. The molecule has 14 heteroatoms. The Morgan fingerprint density at radius 2 is 1.84 bits per heavy atom. The van der Waals surface area contributed by atoms with Gasteiger partial charge < -0.3 is 24.3 Å². The van der Waals surface area contributed by atoms with E-state index in [1.807, 2.05) is 6.20 Å². The first-order valence-electron chi connectivity index (χ1n) is 18.1. The van der Waals surface area contributed by atoms with Crippen LogP contribution in [0.4, 0.5) is 11.5 Å². The number of piperidine rings is 1. The lowest BCUT2D eigenvalue weighted by atomic mass is 10.0. The zero-order chi connectivity index (χ0) is 35.4. The van der Waals surface area contributed by atoms with E-state index in [9.17, 15) is 8.42 Å². The Kier molecular flexibility index (Phi) is 10.9. The molecule has 0 unspecified atom stereocenters. The van der Waals surface area contributed by atoms with Gasteiger partial charge in [-0.1, -0.05) is 37.8 Å². The fraction of sp³-hybridized carbons (Fsp3) is 0.486. The largest absolute Gasteiger partial charge is 0.379 e. The smallest absolute Gasteiger partial charge is 0.236 e. The lowest BCUT2D eigenvalue weighted by Gasteiger charge is -2.36. The highest BCUT2D eigenvalue weighted by atomic mass is 32.2. The molecule has 0 bridgehead atoms. The number of aromatic nitrogens is 4. The molecule has 1 aromatic carbocycles. The molecule has 2 saturated heterocycles. The summed E-state index contributed by atoms with van der Waals surface area (Å²) in [4.78, 5) is 18.7. The van der Waals surface area contributed by atoms with Crippen molar-refractivity contribution in [3.8, 4) is 11.3 Å². The van der Waals surface area contributed by atoms with Gasteiger partial charge in [0, 0.05) is 70.7 Å². The molecule has 272 valence electrons. The van der Waals surface area contributed by atoms with Gasteiger partial charge in [-0.05, 0) is 66.9 Å². The van der Waals surface area contributed by atoms with Crippen molar-refractivity contribution in [3.63, 3.8) is 0 Å². The predicted molar refractivity (Wildman–Crippen MR) is 205 cm³/mol. The third-order valence-corrected chi connectivity index (χ3v) is 13.2. The molecule has 0 saturated carbocycles. The molecular formula is C37H50N8O4SSi. The first kappa shape index (κ1) is 35.7. The molecule has 3 aliphatic heterocycles. The number of nitrogens with one attached hydrogen (secondary N) is 1. The molecule has 6 heterocycles. The van der Waals surface area contributed by atoms with Crippen molar-refractivity contribution in [1.29, 1.82) is 0 Å². The highest BCUT2D eigenvalue weighted by molar-refractivity contribution is 7.92. The number of nitrogens with zero attached hydrogens (tertiary/aromatic N) is 7. The average Bonchev–Trinajstić information content (AvgIpc) is 3.68. The molecule has 0 amide bonds. The van der Waals surface area contributed by atoms with E-state index < -0.39 is 18.1 Å². The van der Waals surface area contributed by atoms with E-state index in [0.717, 1.165) is 97.7 Å². The van der Waals surface area contributed by atoms with Crippen LogP contribution in [-0.2, 0) is 39.3 Å². The number of hydrogen-bond acceptors (Lipinski definition) is 10. The van der Waals surface area contributed by atoms with Gasteiger partial charge in [-0.25, -0.2) is 18.4 Å². The minimum atomic E-state index is -3.27. The Labute approximate surface area is 302 Å². The Bertz CT molecular complexity index is 1940. The average molecular weight is 731 g/mol. The minimum Gasteiger partial charge on any atom is -0.379 e. The van der Waals surface area contributed by atoms with Crippen molar-refractivity contribution in [2.24, 2.45) is 0 Å². The summed E-state index contributed by atoms with van der Waals surface area (Å²) in [6.07, 6.45) is 7.16. The van der Waals surface area contributed by atoms with Gasteiger partial charge in [0.15, 0.2) is 0 Å². The number of likely N-dealkylation sites (tertiary alicyclic amines) is 1. The molecule has 0 spiro atoms. The molecule has 51 heavy (non-hydrogen) atoms. The van der Waals surface area contributed by atoms with Gasteiger partial charge >= 0.3 is 0 Å². The molecule has 2 fully saturated rings. The molecule has 0 radical (unpaired) electrons. The highest BCUT2D eigenvalue weighted by Crippen LogP contribution is 2.33. The fourth-order valence-electron chi connectivity index (χ4n) is 7.13. The van der Waals surface area contributed by atoms with Crippen LogP contribution in [0.3, 0.4) is 0 Å². The first-order valence-corrected chi connectivity index (χ1v) is 23.3. The molecule has 4 aromatic rings. The third kappa shape index (κ3) is 8.70. The van der Waals surface area contributed by atoms with E-state index in [1.54, 1.807) is 16.7 Å². The van der Waals surface area contributed by atoms with Gasteiger partial charge in [-0.3, -0.25) is 9.88 Å². The molecular weight excluding hydrogens is 681 g/mol. The van der Waals surface area contributed by atoms with Crippen LogP contribution in [0.1, 0.15) is 24.1 Å². The van der Waals surface area contributed by atoms with Crippen molar-refractivity contribution in [2.75, 3.05) is 62.8 Å². The number of rotatable bonds is 13. The monoisotopic (exact) mass is 730 g/mol. The molecule has 3 aromatic heterocycles. The number of anilines is 2. The van der Waals surface area contributed by atoms with Crippen LogP contribution in [-0.4, -0.2) is 104 Å². The standard InChI is InChI=1S/C37H50N8O4SSi/c1-51(2,3)21-19-49-28-44-35(23-34-36(40-27-41-37(34)44)43-15-17-48-18-16-43)30-7-9-31(10-8-30)39-24-32-22-29(11-12-38-32)25-42-13-4-6-33(26-42)45-14-5-20-50(45,46)47/h5,7-12,20,22-23,27,33,39H,4,6,13-19,21,24-26,28H2,1-3H3/t33-/m1/s1. The SMILES string of the molecule is C[Si](C)(C)CCOCn1c(-c2ccc(NCc3cc(CN4CCC[C@@H](N5CC=CS5(=O)=O)C4)ccn3)cc2)cc2c(N3CCOCC3)ncnc21. The summed E-state index contributed by atoms with van der Waals surface area (Å²) in [5.41, 5.74) is 6.15. The zero-order valence-corrected chi connectivity index (χ0v) is 31.8. The van der Waals surface area contributed by atoms with Crippen LogP contribution in [0, 0.1) is 0 Å². The summed E-state index contributed by atoms with van der Waals surface area (Å²) in [5, 5.41) is 5.91. The second-order valence-electron chi connectivity index (χ2n) is 14.9. The summed E-state index contributed by atoms with van der Waals surface area (Å²) in [6.45, 7) is 14.8. The van der Waals surface area contributed by atoms with Crippen LogP contribution < -0.4 is 10.2 Å². The van der Waals surface area contributed by atoms with Crippen LogP contribution in [0.25, 0.3) is 22.3 Å². The number of hydrogen-bond donors (Lipinski definition) is 1. The van der Waals surface area contributed by atoms with E-state index in [2.05, 4.69) is 86.8 Å². The molecule has 1 N–H and O–H groups in total. The van der Waals surface area contributed by atoms with Crippen molar-refractivity contribution in [2.45, 2.75) is 64.4 Å². The topological polar surface area (TPSA) is 118 Å². The number of sulfonamides is 1. The maximum absolute atomic E-state index is 12.4. The first-order chi connectivity index (χ1) is 24.6. The second kappa shape index (κ2) is 15.5. The normalized spacial score (nSPS) is 20.0. The van der Waals surface area contributed by atoms with Crippen molar-refractivity contribution < 1.29 is 17.9 Å². The molecule has 12 nitrogen and oxygen atoms in total. The van der Waals surface area contributed by atoms with E-state index in [0.29, 0.717) is 33.0 Å². The predicted octanol–water partition coefficient (Wildman–Crippen LogP) is 5.38. The Morgan fingerprint density at radius 3 is 2.61 bits per heavy atom. The summed E-state index contributed by atoms with van der Waals surface area (Å²) in [6, 6.07) is 16.0. The number of benzene rings is 1. The Morgan fingerprint density at radius 1 is 1.02 bits per heavy atom. The van der Waals surface area contributed by atoms with E-state index in [4.69, 9.17) is 19.4 Å². The van der Waals surface area contributed by atoms with Gasteiger partial charge in [0.05, 0.1) is 36.5 Å². The summed E-state index contributed by atoms with van der Waals surface area (Å²) in [7, 11) is -4.49. The lowest BCUT2D eigenvalue weighted by molar-refractivity contribution is 0.0909. The van der Waals surface area contributed by atoms with E-state index in [-0.39, 0.29) is 6.04 Å². The van der Waals surface area contributed by atoms with E-state index in [1.165, 1.54) is 11.0 Å². The number of ether oxygens (including phenoxy) is 2. The molecule has 1 atom stereocenters. The lowest BCUT2D eigenvalue weighted by Crippen LogP contribution is -2.48. The van der Waals surface area contributed by atoms with Gasteiger partial charge in [-0.2, -0.15) is 4.31 Å². The van der Waals surface area contributed by atoms with Crippen LogP contribution in [0.15, 0.2) is 66.5 Å². The summed E-state index contributed by atoms with van der Waals surface area (Å²) >= 11 is 0. The number of fused-ring (bicyclic) bond motifs is 1. The van der Waals surface area contributed by atoms with Crippen LogP contribution in [0.5, 0.6) is 0 Å². The van der Waals surface area contributed by atoms with Crippen LogP contribution >= 0.6 is 0 Å². The zero-order valence-electron chi connectivity index (χ0n) is 30.0. The second-order valence-corrected chi connectivity index (χ2v) is 22.3. The van der Waals surface area contributed by atoms with Crippen molar-refractivity contribution >= 4 is 40.6 Å². The third-order valence-electron chi connectivity index (χ3n) is 9.91. The maximum atomic E-state index is 12.4. The van der Waals surface area contributed by atoms with Gasteiger partial charge in [0.2, 0.25) is 10.0 Å². The highest BCUT2D eigenvalue weighted by Gasteiger charge is 2.33. The fourth-order valence-corrected chi connectivity index (χ4v) is 9.26. The Hall–Kier alpha value is -3.66. The Balaban J connectivity index is 1.03. The van der Waals surface area contributed by atoms with Crippen LogP contribution in [0.2, 0.25) is 25.7 Å². The van der Waals surface area contributed by atoms with Gasteiger partial charge in [0.25, 0.3) is 0 Å². The summed E-state index contributed by atoms with van der Waals surface area (Å²) in [5.74, 6) is 0.940. The van der Waals surface area contributed by atoms with Crippen molar-refractivity contribution in [1.82, 2.24) is 28.7 Å². The molecule has 3 aliphatic rings. The number of pyridine rings is 1. The van der Waals surface area contributed by atoms with Gasteiger partial charge in [0.1, 0.15) is 24.5 Å².